The second-order valence-electron chi connectivity index (χ2n) is 4.80. The first-order valence-electron chi connectivity index (χ1n) is 6.83. The number of benzene rings is 2. The summed E-state index contributed by atoms with van der Waals surface area (Å²) in [7, 11) is 3.14. The van der Waals surface area contributed by atoms with Crippen LogP contribution >= 0.6 is 0 Å². The summed E-state index contributed by atoms with van der Waals surface area (Å²) in [6.45, 7) is 0. The second kappa shape index (κ2) is 5.85. The second-order valence-corrected chi connectivity index (χ2v) is 4.80. The highest BCUT2D eigenvalue weighted by molar-refractivity contribution is 5.97. The van der Waals surface area contributed by atoms with Crippen LogP contribution in [0.2, 0.25) is 0 Å². The Morgan fingerprint density at radius 1 is 1.00 bits per heavy atom. The van der Waals surface area contributed by atoms with Crippen LogP contribution in [0.25, 0.3) is 22.0 Å². The molecular formula is C18H15NO3. The monoisotopic (exact) mass is 293 g/mol. The molecule has 3 aromatic rings. The van der Waals surface area contributed by atoms with Gasteiger partial charge in [0.15, 0.2) is 11.5 Å². The molecule has 4 nitrogen and oxygen atoms in total. The van der Waals surface area contributed by atoms with Crippen LogP contribution in [0.15, 0.2) is 48.7 Å². The van der Waals surface area contributed by atoms with Crippen LogP contribution in [0.1, 0.15) is 10.4 Å². The van der Waals surface area contributed by atoms with Gasteiger partial charge in [-0.1, -0.05) is 24.3 Å². The van der Waals surface area contributed by atoms with E-state index < -0.39 is 0 Å². The highest BCUT2D eigenvalue weighted by Crippen LogP contribution is 2.41. The summed E-state index contributed by atoms with van der Waals surface area (Å²) in [5, 5.41) is 1.03. The molecule has 0 spiro atoms. The van der Waals surface area contributed by atoms with Crippen LogP contribution in [0.4, 0.5) is 0 Å². The van der Waals surface area contributed by atoms with E-state index in [9.17, 15) is 4.79 Å². The van der Waals surface area contributed by atoms with E-state index in [0.29, 0.717) is 17.1 Å². The molecule has 0 amide bonds. The summed E-state index contributed by atoms with van der Waals surface area (Å²) in [6.07, 6.45) is 2.54. The number of para-hydroxylation sites is 1. The third-order valence-corrected chi connectivity index (χ3v) is 3.56. The van der Waals surface area contributed by atoms with Gasteiger partial charge in [0.25, 0.3) is 0 Å². The first-order chi connectivity index (χ1) is 10.8. The van der Waals surface area contributed by atoms with Crippen molar-refractivity contribution in [2.24, 2.45) is 0 Å². The van der Waals surface area contributed by atoms with Gasteiger partial charge in [-0.15, -0.1) is 0 Å². The van der Waals surface area contributed by atoms with E-state index in [4.69, 9.17) is 9.47 Å². The van der Waals surface area contributed by atoms with Crippen LogP contribution in [-0.2, 0) is 0 Å². The van der Waals surface area contributed by atoms with E-state index in [1.807, 2.05) is 30.3 Å². The van der Waals surface area contributed by atoms with Crippen LogP contribution < -0.4 is 9.47 Å². The van der Waals surface area contributed by atoms with Crippen molar-refractivity contribution in [1.29, 1.82) is 0 Å². The number of aromatic nitrogens is 1. The minimum atomic E-state index is 0.523. The Labute approximate surface area is 128 Å². The zero-order valence-corrected chi connectivity index (χ0v) is 12.4. The third-order valence-electron chi connectivity index (χ3n) is 3.56. The van der Waals surface area contributed by atoms with Gasteiger partial charge >= 0.3 is 0 Å². The quantitative estimate of drug-likeness (QED) is 0.688. The van der Waals surface area contributed by atoms with Crippen LogP contribution in [0.5, 0.6) is 11.5 Å². The zero-order chi connectivity index (χ0) is 15.5. The molecule has 0 saturated carbocycles. The van der Waals surface area contributed by atoms with E-state index in [0.717, 1.165) is 28.3 Å². The molecule has 0 bridgehead atoms. The molecule has 110 valence electrons. The molecule has 0 fully saturated rings. The molecule has 0 aliphatic rings. The molecule has 2 aromatic carbocycles. The van der Waals surface area contributed by atoms with E-state index in [1.165, 1.54) is 0 Å². The van der Waals surface area contributed by atoms with Crippen molar-refractivity contribution in [3.63, 3.8) is 0 Å². The predicted octanol–water partition coefficient (Wildman–Crippen LogP) is 3.73. The van der Waals surface area contributed by atoms with E-state index >= 15 is 0 Å². The standard InChI is InChI=1S/C18H15NO3/c1-21-16-10-12(11-20)9-15(18(16)22-2)14-7-3-5-13-6-4-8-19-17(13)14/h3-11H,1-2H3. The summed E-state index contributed by atoms with van der Waals surface area (Å²) in [4.78, 5) is 15.7. The summed E-state index contributed by atoms with van der Waals surface area (Å²) >= 11 is 0. The summed E-state index contributed by atoms with van der Waals surface area (Å²) in [5.74, 6) is 1.11. The number of aldehydes is 1. The van der Waals surface area contributed by atoms with Crippen molar-refractivity contribution in [3.05, 3.63) is 54.2 Å². The Morgan fingerprint density at radius 3 is 2.55 bits per heavy atom. The minimum absolute atomic E-state index is 0.523. The van der Waals surface area contributed by atoms with Crippen molar-refractivity contribution < 1.29 is 14.3 Å². The molecule has 0 aliphatic heterocycles. The number of nitrogens with zero attached hydrogens (tertiary/aromatic N) is 1. The predicted molar refractivity (Wildman–Crippen MR) is 85.7 cm³/mol. The number of carbonyl (C=O) groups excluding carboxylic acids is 1. The third kappa shape index (κ3) is 2.29. The maximum atomic E-state index is 11.2. The number of pyridine rings is 1. The average molecular weight is 293 g/mol. The lowest BCUT2D eigenvalue weighted by Crippen LogP contribution is -1.96. The van der Waals surface area contributed by atoms with Crippen molar-refractivity contribution in [2.45, 2.75) is 0 Å². The molecule has 0 N–H and O–H groups in total. The fraction of sp³-hybridized carbons (Fsp3) is 0.111. The fourth-order valence-corrected chi connectivity index (χ4v) is 2.58. The van der Waals surface area contributed by atoms with Crippen molar-refractivity contribution in [2.75, 3.05) is 14.2 Å². The van der Waals surface area contributed by atoms with Gasteiger partial charge in [-0.3, -0.25) is 9.78 Å². The molecule has 0 saturated heterocycles. The maximum Gasteiger partial charge on any atom is 0.168 e. The summed E-state index contributed by atoms with van der Waals surface area (Å²) in [6, 6.07) is 13.3. The number of hydrogen-bond donors (Lipinski definition) is 0. The number of fused-ring (bicyclic) bond motifs is 1. The number of rotatable bonds is 4. The van der Waals surface area contributed by atoms with E-state index in [1.54, 1.807) is 32.5 Å². The number of carbonyl (C=O) groups is 1. The van der Waals surface area contributed by atoms with Gasteiger partial charge in [-0.25, -0.2) is 0 Å². The molecular weight excluding hydrogens is 278 g/mol. The number of methoxy groups -OCH3 is 2. The first kappa shape index (κ1) is 14.1. The maximum absolute atomic E-state index is 11.2. The Bertz CT molecular complexity index is 838. The lowest BCUT2D eigenvalue weighted by molar-refractivity contribution is 0.112. The van der Waals surface area contributed by atoms with Gasteiger partial charge in [0, 0.05) is 28.3 Å². The molecule has 3 rings (SSSR count). The smallest absolute Gasteiger partial charge is 0.168 e. The highest BCUT2D eigenvalue weighted by Gasteiger charge is 2.16. The number of ether oxygens (including phenoxy) is 2. The van der Waals surface area contributed by atoms with Gasteiger partial charge in [0.05, 0.1) is 19.7 Å². The molecule has 0 radical (unpaired) electrons. The lowest BCUT2D eigenvalue weighted by atomic mass is 9.98. The van der Waals surface area contributed by atoms with Gasteiger partial charge in [-0.05, 0) is 18.2 Å². The fourth-order valence-electron chi connectivity index (χ4n) is 2.58. The molecule has 22 heavy (non-hydrogen) atoms. The Hall–Kier alpha value is -2.88. The highest BCUT2D eigenvalue weighted by atomic mass is 16.5. The largest absolute Gasteiger partial charge is 0.493 e. The normalized spacial score (nSPS) is 10.5. The van der Waals surface area contributed by atoms with Gasteiger partial charge < -0.3 is 9.47 Å². The molecule has 0 unspecified atom stereocenters. The topological polar surface area (TPSA) is 48.4 Å². The number of hydrogen-bond acceptors (Lipinski definition) is 4. The van der Waals surface area contributed by atoms with Gasteiger partial charge in [-0.2, -0.15) is 0 Å². The lowest BCUT2D eigenvalue weighted by Gasteiger charge is -2.15. The van der Waals surface area contributed by atoms with Gasteiger partial charge in [0.2, 0.25) is 0 Å². The van der Waals surface area contributed by atoms with Crippen molar-refractivity contribution in [1.82, 2.24) is 4.98 Å². The van der Waals surface area contributed by atoms with Crippen molar-refractivity contribution >= 4 is 17.2 Å². The van der Waals surface area contributed by atoms with E-state index in [2.05, 4.69) is 4.98 Å². The Kier molecular flexibility index (Phi) is 3.74. The molecule has 1 heterocycles. The molecule has 0 atom stereocenters. The minimum Gasteiger partial charge on any atom is -0.493 e. The Balaban J connectivity index is 2.36. The van der Waals surface area contributed by atoms with E-state index in [-0.39, 0.29) is 0 Å². The van der Waals surface area contributed by atoms with Crippen LogP contribution in [0.3, 0.4) is 0 Å². The summed E-state index contributed by atoms with van der Waals surface area (Å²) < 4.78 is 10.9. The molecule has 0 aliphatic carbocycles. The Morgan fingerprint density at radius 2 is 1.82 bits per heavy atom. The van der Waals surface area contributed by atoms with Crippen molar-refractivity contribution in [3.8, 4) is 22.6 Å². The van der Waals surface area contributed by atoms with Crippen LogP contribution in [-0.4, -0.2) is 25.5 Å². The molecule has 4 heteroatoms. The first-order valence-corrected chi connectivity index (χ1v) is 6.83. The summed E-state index contributed by atoms with van der Waals surface area (Å²) in [5.41, 5.74) is 3.07. The zero-order valence-electron chi connectivity index (χ0n) is 12.4. The molecule has 1 aromatic heterocycles. The average Bonchev–Trinajstić information content (AvgIpc) is 2.59. The van der Waals surface area contributed by atoms with Gasteiger partial charge in [0.1, 0.15) is 6.29 Å². The van der Waals surface area contributed by atoms with Crippen LogP contribution in [0, 0.1) is 0 Å². The SMILES string of the molecule is COc1cc(C=O)cc(-c2cccc3cccnc23)c1OC.